The maximum Gasteiger partial charge on any atom is 0.293 e. The van der Waals surface area contributed by atoms with E-state index >= 15 is 0 Å². The number of para-hydroxylation sites is 1. The largest absolute Gasteiger partial charge is 0.508 e. The average molecular weight is 420 g/mol. The summed E-state index contributed by atoms with van der Waals surface area (Å²) in [5.74, 6) is 0.548. The van der Waals surface area contributed by atoms with Crippen LogP contribution < -0.4 is 5.32 Å². The molecule has 3 rings (SSSR count). The Bertz CT molecular complexity index is 1000. The Morgan fingerprint density at radius 2 is 1.86 bits per heavy atom. The summed E-state index contributed by atoms with van der Waals surface area (Å²) >= 11 is 0. The molecule has 0 aromatic heterocycles. The Morgan fingerprint density at radius 1 is 1.21 bits per heavy atom. The summed E-state index contributed by atoms with van der Waals surface area (Å²) in [6, 6.07) is 10.2. The van der Waals surface area contributed by atoms with Crippen LogP contribution in [0.3, 0.4) is 0 Å². The van der Waals surface area contributed by atoms with Gasteiger partial charge in [-0.15, -0.1) is 0 Å². The molecule has 1 fully saturated rings. The van der Waals surface area contributed by atoms with Crippen LogP contribution in [-0.2, 0) is 10.0 Å². The van der Waals surface area contributed by atoms with E-state index in [4.69, 9.17) is 0 Å². The van der Waals surface area contributed by atoms with Crippen LogP contribution in [0.1, 0.15) is 38.3 Å². The molecular weight excluding hydrogens is 394 g/mol. The molecule has 1 saturated heterocycles. The number of aromatic hydroxyl groups is 1. The Kier molecular flexibility index (Phi) is 6.09. The van der Waals surface area contributed by atoms with E-state index in [9.17, 15) is 23.6 Å². The zero-order valence-electron chi connectivity index (χ0n) is 16.4. The highest BCUT2D eigenvalue weighted by Crippen LogP contribution is 2.34. The van der Waals surface area contributed by atoms with Gasteiger partial charge in [-0.05, 0) is 43.9 Å². The Morgan fingerprint density at radius 3 is 2.48 bits per heavy atom. The predicted octanol–water partition coefficient (Wildman–Crippen LogP) is 3.89. The van der Waals surface area contributed by atoms with Crippen LogP contribution >= 0.6 is 0 Å². The van der Waals surface area contributed by atoms with Crippen LogP contribution in [0, 0.1) is 16.0 Å². The third-order valence-electron chi connectivity index (χ3n) is 5.32. The second-order valence-corrected chi connectivity index (χ2v) is 9.39. The van der Waals surface area contributed by atoms with Gasteiger partial charge < -0.3 is 10.4 Å². The number of hydrogen-bond donors (Lipinski definition) is 2. The van der Waals surface area contributed by atoms with E-state index < -0.39 is 21.0 Å². The number of phenols is 1. The molecule has 1 atom stereocenters. The van der Waals surface area contributed by atoms with Gasteiger partial charge in [0.1, 0.15) is 11.4 Å². The minimum atomic E-state index is -3.78. The molecule has 0 amide bonds. The van der Waals surface area contributed by atoms with Crippen molar-refractivity contribution in [1.29, 1.82) is 0 Å². The van der Waals surface area contributed by atoms with E-state index in [1.807, 2.05) is 0 Å². The molecule has 156 valence electrons. The van der Waals surface area contributed by atoms with Gasteiger partial charge in [0.25, 0.3) is 5.69 Å². The molecule has 0 unspecified atom stereocenters. The highest BCUT2D eigenvalue weighted by molar-refractivity contribution is 7.89. The van der Waals surface area contributed by atoms with Crippen LogP contribution in [0.15, 0.2) is 47.4 Å². The summed E-state index contributed by atoms with van der Waals surface area (Å²) in [6.07, 6.45) is 1.55. The quantitative estimate of drug-likeness (QED) is 0.542. The fourth-order valence-electron chi connectivity index (χ4n) is 3.48. The predicted molar refractivity (Wildman–Crippen MR) is 110 cm³/mol. The van der Waals surface area contributed by atoms with Crippen LogP contribution in [0.4, 0.5) is 11.4 Å². The molecule has 2 aromatic carbocycles. The Hall–Kier alpha value is -2.65. The zero-order chi connectivity index (χ0) is 21.2. The number of sulfonamides is 1. The van der Waals surface area contributed by atoms with E-state index in [1.165, 1.54) is 22.5 Å². The highest BCUT2D eigenvalue weighted by Gasteiger charge is 2.30. The molecule has 0 saturated carbocycles. The molecule has 0 aliphatic carbocycles. The number of piperidine rings is 1. The first-order valence-corrected chi connectivity index (χ1v) is 11.0. The molecule has 1 heterocycles. The number of nitrogens with zero attached hydrogens (tertiary/aromatic N) is 2. The summed E-state index contributed by atoms with van der Waals surface area (Å²) in [5.41, 5.74) is 0.455. The molecule has 2 N–H and O–H groups in total. The van der Waals surface area contributed by atoms with Gasteiger partial charge in [0.05, 0.1) is 15.9 Å². The SMILES string of the molecule is CC1CCN(S(=O)(=O)c2ccc(N[C@H](C)c3ccccc3O)c([N+](=O)[O-])c2)CC1. The van der Waals surface area contributed by atoms with Crippen molar-refractivity contribution in [3.05, 3.63) is 58.1 Å². The second-order valence-electron chi connectivity index (χ2n) is 7.45. The summed E-state index contributed by atoms with van der Waals surface area (Å²) in [6.45, 7) is 4.68. The molecule has 0 bridgehead atoms. The van der Waals surface area contributed by atoms with Crippen molar-refractivity contribution in [1.82, 2.24) is 4.31 Å². The molecule has 1 aliphatic heterocycles. The number of phenolic OH excluding ortho intramolecular Hbond substituents is 1. The van der Waals surface area contributed by atoms with Crippen LogP contribution in [-0.4, -0.2) is 35.8 Å². The Labute approximate surface area is 170 Å². The smallest absolute Gasteiger partial charge is 0.293 e. The van der Waals surface area contributed by atoms with Crippen molar-refractivity contribution in [3.8, 4) is 5.75 Å². The minimum absolute atomic E-state index is 0.0775. The number of benzene rings is 2. The average Bonchev–Trinajstić information content (AvgIpc) is 2.68. The molecule has 9 heteroatoms. The normalized spacial score (nSPS) is 17.0. The lowest BCUT2D eigenvalue weighted by Gasteiger charge is -2.29. The standard InChI is InChI=1S/C20H25N3O5S/c1-14-9-11-22(12-10-14)29(27,28)16-7-8-18(19(13-16)23(25)26)21-15(2)17-5-3-4-6-20(17)24/h3-8,13-15,21,24H,9-12H2,1-2H3/t15-/m1/s1. The number of rotatable bonds is 6. The van der Waals surface area contributed by atoms with E-state index in [-0.39, 0.29) is 22.0 Å². The van der Waals surface area contributed by atoms with E-state index in [0.717, 1.165) is 18.9 Å². The lowest BCUT2D eigenvalue weighted by atomic mass is 10.0. The lowest BCUT2D eigenvalue weighted by Crippen LogP contribution is -2.37. The fourth-order valence-corrected chi connectivity index (χ4v) is 4.97. The third-order valence-corrected chi connectivity index (χ3v) is 7.22. The second kappa shape index (κ2) is 8.38. The number of nitrogens with one attached hydrogen (secondary N) is 1. The molecule has 2 aromatic rings. The Balaban J connectivity index is 1.89. The lowest BCUT2D eigenvalue weighted by molar-refractivity contribution is -0.384. The van der Waals surface area contributed by atoms with Crippen molar-refractivity contribution >= 4 is 21.4 Å². The summed E-state index contributed by atoms with van der Waals surface area (Å²) in [4.78, 5) is 10.9. The number of nitro groups is 1. The number of anilines is 1. The van der Waals surface area contributed by atoms with E-state index in [0.29, 0.717) is 24.6 Å². The van der Waals surface area contributed by atoms with Crippen LogP contribution in [0.5, 0.6) is 5.75 Å². The summed E-state index contributed by atoms with van der Waals surface area (Å²) < 4.78 is 27.2. The topological polar surface area (TPSA) is 113 Å². The van der Waals surface area contributed by atoms with Gasteiger partial charge in [0.15, 0.2) is 0 Å². The summed E-state index contributed by atoms with van der Waals surface area (Å²) in [7, 11) is -3.78. The highest BCUT2D eigenvalue weighted by atomic mass is 32.2. The first kappa shape index (κ1) is 21.1. The van der Waals surface area contributed by atoms with Gasteiger partial charge in [-0.2, -0.15) is 4.31 Å². The van der Waals surface area contributed by atoms with Gasteiger partial charge in [-0.3, -0.25) is 10.1 Å². The number of nitro benzene ring substituents is 1. The van der Waals surface area contributed by atoms with Crippen LogP contribution in [0.2, 0.25) is 0 Å². The van der Waals surface area contributed by atoms with Crippen molar-refractivity contribution < 1.29 is 18.4 Å². The van der Waals surface area contributed by atoms with Crippen molar-refractivity contribution in [3.63, 3.8) is 0 Å². The maximum absolute atomic E-state index is 12.9. The van der Waals surface area contributed by atoms with Gasteiger partial charge in [0.2, 0.25) is 10.0 Å². The van der Waals surface area contributed by atoms with Gasteiger partial charge >= 0.3 is 0 Å². The molecule has 29 heavy (non-hydrogen) atoms. The maximum atomic E-state index is 12.9. The molecule has 0 radical (unpaired) electrons. The minimum Gasteiger partial charge on any atom is -0.508 e. The van der Waals surface area contributed by atoms with E-state index in [1.54, 1.807) is 25.1 Å². The van der Waals surface area contributed by atoms with Crippen molar-refractivity contribution in [2.24, 2.45) is 5.92 Å². The molecule has 0 spiro atoms. The third kappa shape index (κ3) is 4.51. The first-order valence-electron chi connectivity index (χ1n) is 9.53. The number of hydrogen-bond acceptors (Lipinski definition) is 6. The van der Waals surface area contributed by atoms with E-state index in [2.05, 4.69) is 12.2 Å². The van der Waals surface area contributed by atoms with Gasteiger partial charge in [0, 0.05) is 24.7 Å². The van der Waals surface area contributed by atoms with Gasteiger partial charge in [-0.25, -0.2) is 8.42 Å². The van der Waals surface area contributed by atoms with Crippen molar-refractivity contribution in [2.45, 2.75) is 37.6 Å². The fraction of sp³-hybridized carbons (Fsp3) is 0.400. The van der Waals surface area contributed by atoms with Crippen LogP contribution in [0.25, 0.3) is 0 Å². The monoisotopic (exact) mass is 419 g/mol. The molecule has 1 aliphatic rings. The molecule has 8 nitrogen and oxygen atoms in total. The summed E-state index contributed by atoms with van der Waals surface area (Å²) in [5, 5.41) is 24.6. The van der Waals surface area contributed by atoms with Gasteiger partial charge in [-0.1, -0.05) is 25.1 Å². The molecular formula is C20H25N3O5S. The zero-order valence-corrected chi connectivity index (χ0v) is 17.2. The van der Waals surface area contributed by atoms with Crippen molar-refractivity contribution in [2.75, 3.05) is 18.4 Å². The first-order chi connectivity index (χ1) is 13.7.